The van der Waals surface area contributed by atoms with Crippen LogP contribution >= 0.6 is 0 Å². The van der Waals surface area contributed by atoms with Crippen molar-refractivity contribution in [2.75, 3.05) is 14.1 Å². The van der Waals surface area contributed by atoms with Crippen molar-refractivity contribution in [2.24, 2.45) is 0 Å². The third kappa shape index (κ3) is 2.96. The van der Waals surface area contributed by atoms with Gasteiger partial charge < -0.3 is 9.32 Å². The second-order valence-electron chi connectivity index (χ2n) is 4.24. The van der Waals surface area contributed by atoms with E-state index in [2.05, 4.69) is 4.98 Å². The lowest BCUT2D eigenvalue weighted by Crippen LogP contribution is -2.23. The van der Waals surface area contributed by atoms with E-state index >= 15 is 0 Å². The largest absolute Gasteiger partial charge is 0.444 e. The highest BCUT2D eigenvalue weighted by atomic mass is 19.2. The Morgan fingerprint density at radius 2 is 2.05 bits per heavy atom. The van der Waals surface area contributed by atoms with Crippen LogP contribution in [0.5, 0.6) is 0 Å². The summed E-state index contributed by atoms with van der Waals surface area (Å²) in [6.45, 7) is 0. The molecule has 0 fully saturated rings. The molecule has 0 unspecified atom stereocenters. The Bertz CT molecular complexity index is 608. The van der Waals surface area contributed by atoms with Crippen LogP contribution in [-0.2, 0) is 11.2 Å². The number of likely N-dealkylation sites (N-methyl/N-ethyl adjacent to an activating group) is 1. The second kappa shape index (κ2) is 5.17. The summed E-state index contributed by atoms with van der Waals surface area (Å²) in [5.74, 6) is -1.87. The van der Waals surface area contributed by atoms with Gasteiger partial charge in [-0.2, -0.15) is 0 Å². The van der Waals surface area contributed by atoms with E-state index in [1.54, 1.807) is 14.1 Å². The van der Waals surface area contributed by atoms with Crippen molar-refractivity contribution in [3.05, 3.63) is 41.8 Å². The van der Waals surface area contributed by atoms with Crippen molar-refractivity contribution in [2.45, 2.75) is 6.42 Å². The molecular formula is C13H12F2N2O2. The minimum Gasteiger partial charge on any atom is -0.444 e. The molecule has 0 saturated carbocycles. The van der Waals surface area contributed by atoms with Gasteiger partial charge in [0, 0.05) is 19.7 Å². The Hall–Kier alpha value is -2.24. The maximum atomic E-state index is 13.1. The van der Waals surface area contributed by atoms with Crippen LogP contribution in [0.4, 0.5) is 8.78 Å². The van der Waals surface area contributed by atoms with Crippen molar-refractivity contribution in [1.29, 1.82) is 0 Å². The normalized spacial score (nSPS) is 10.5. The number of carbonyl (C=O) groups is 1. The average molecular weight is 266 g/mol. The average Bonchev–Trinajstić information content (AvgIpc) is 2.81. The van der Waals surface area contributed by atoms with Gasteiger partial charge in [0.05, 0.1) is 12.1 Å². The highest BCUT2D eigenvalue weighted by Gasteiger charge is 2.13. The zero-order chi connectivity index (χ0) is 14.0. The quantitative estimate of drug-likeness (QED) is 0.856. The summed E-state index contributed by atoms with van der Waals surface area (Å²) in [7, 11) is 3.28. The van der Waals surface area contributed by atoms with Crippen molar-refractivity contribution >= 4 is 5.91 Å². The monoisotopic (exact) mass is 266 g/mol. The number of nitrogens with zero attached hydrogens (tertiary/aromatic N) is 2. The molecule has 100 valence electrons. The first-order chi connectivity index (χ1) is 8.97. The van der Waals surface area contributed by atoms with Crippen molar-refractivity contribution in [1.82, 2.24) is 9.88 Å². The number of halogens is 2. The van der Waals surface area contributed by atoms with Gasteiger partial charge >= 0.3 is 0 Å². The maximum absolute atomic E-state index is 13.1. The first-order valence-corrected chi connectivity index (χ1v) is 5.57. The van der Waals surface area contributed by atoms with Gasteiger partial charge in [0.2, 0.25) is 11.8 Å². The van der Waals surface area contributed by atoms with Crippen molar-refractivity contribution in [3.8, 4) is 11.5 Å². The summed E-state index contributed by atoms with van der Waals surface area (Å²) in [6, 6.07) is 3.36. The van der Waals surface area contributed by atoms with Gasteiger partial charge in [0.1, 0.15) is 6.26 Å². The van der Waals surface area contributed by atoms with Gasteiger partial charge in [-0.25, -0.2) is 13.8 Å². The van der Waals surface area contributed by atoms with Gasteiger partial charge in [0.25, 0.3) is 0 Å². The number of hydrogen-bond donors (Lipinski definition) is 0. The number of hydrogen-bond acceptors (Lipinski definition) is 3. The van der Waals surface area contributed by atoms with Crippen molar-refractivity contribution in [3.63, 3.8) is 0 Å². The topological polar surface area (TPSA) is 46.3 Å². The number of oxazole rings is 1. The molecule has 19 heavy (non-hydrogen) atoms. The van der Waals surface area contributed by atoms with E-state index in [-0.39, 0.29) is 18.2 Å². The van der Waals surface area contributed by atoms with E-state index in [9.17, 15) is 13.6 Å². The molecule has 0 spiro atoms. The second-order valence-corrected chi connectivity index (χ2v) is 4.24. The molecule has 0 atom stereocenters. The fourth-order valence-electron chi connectivity index (χ4n) is 1.46. The standard InChI is InChI=1S/C13H12F2N2O2/c1-17(2)12(18)6-9-7-19-13(16-9)8-3-4-10(14)11(15)5-8/h3-5,7H,6H2,1-2H3. The number of aromatic nitrogens is 1. The van der Waals surface area contributed by atoms with Crippen molar-refractivity contribution < 1.29 is 18.0 Å². The molecule has 1 amide bonds. The third-order valence-electron chi connectivity index (χ3n) is 2.55. The molecule has 4 nitrogen and oxygen atoms in total. The molecule has 2 aromatic rings. The van der Waals surface area contributed by atoms with E-state index < -0.39 is 11.6 Å². The van der Waals surface area contributed by atoms with Crippen LogP contribution < -0.4 is 0 Å². The van der Waals surface area contributed by atoms with Gasteiger partial charge in [-0.1, -0.05) is 0 Å². The van der Waals surface area contributed by atoms with Gasteiger partial charge in [-0.3, -0.25) is 4.79 Å². The van der Waals surface area contributed by atoms with Gasteiger partial charge in [-0.05, 0) is 18.2 Å². The molecule has 6 heteroatoms. The lowest BCUT2D eigenvalue weighted by atomic mass is 10.2. The van der Waals surface area contributed by atoms with E-state index in [0.29, 0.717) is 11.3 Å². The molecule has 1 aromatic carbocycles. The summed E-state index contributed by atoms with van der Waals surface area (Å²) in [5, 5.41) is 0. The first kappa shape index (κ1) is 13.2. The molecule has 2 rings (SSSR count). The zero-order valence-electron chi connectivity index (χ0n) is 10.5. The minimum absolute atomic E-state index is 0.0974. The number of amides is 1. The Morgan fingerprint density at radius 3 is 2.68 bits per heavy atom. The fraction of sp³-hybridized carbons (Fsp3) is 0.231. The highest BCUT2D eigenvalue weighted by molar-refractivity contribution is 5.77. The number of carbonyl (C=O) groups excluding carboxylic acids is 1. The number of benzene rings is 1. The molecule has 0 N–H and O–H groups in total. The Labute approximate surface area is 108 Å². The summed E-state index contributed by atoms with van der Waals surface area (Å²) in [5.41, 5.74) is 0.765. The molecule has 0 aliphatic rings. The molecule has 1 aromatic heterocycles. The third-order valence-corrected chi connectivity index (χ3v) is 2.55. The van der Waals surface area contributed by atoms with E-state index in [4.69, 9.17) is 4.42 Å². The molecule has 0 radical (unpaired) electrons. The van der Waals surface area contributed by atoms with Crippen LogP contribution in [-0.4, -0.2) is 29.9 Å². The minimum atomic E-state index is -0.971. The summed E-state index contributed by atoms with van der Waals surface area (Å²) >= 11 is 0. The van der Waals surface area contributed by atoms with Crippen LogP contribution in [0.3, 0.4) is 0 Å². The Balaban J connectivity index is 2.21. The van der Waals surface area contributed by atoms with E-state index in [0.717, 1.165) is 12.1 Å². The van der Waals surface area contributed by atoms with Crippen LogP contribution in [0.2, 0.25) is 0 Å². The molecule has 1 heterocycles. The lowest BCUT2D eigenvalue weighted by molar-refractivity contribution is -0.128. The molecule has 0 aliphatic heterocycles. The van der Waals surface area contributed by atoms with Gasteiger partial charge in [-0.15, -0.1) is 0 Å². The molecule has 0 aliphatic carbocycles. The van der Waals surface area contributed by atoms with Crippen LogP contribution in [0.25, 0.3) is 11.5 Å². The molecule has 0 saturated heterocycles. The smallest absolute Gasteiger partial charge is 0.228 e. The highest BCUT2D eigenvalue weighted by Crippen LogP contribution is 2.21. The lowest BCUT2D eigenvalue weighted by Gasteiger charge is -2.07. The Morgan fingerprint density at radius 1 is 1.32 bits per heavy atom. The van der Waals surface area contributed by atoms with E-state index in [1.165, 1.54) is 17.2 Å². The summed E-state index contributed by atoms with van der Waals surface area (Å²) < 4.78 is 31.0. The predicted octanol–water partition coefficient (Wildman–Crippen LogP) is 2.25. The summed E-state index contributed by atoms with van der Waals surface area (Å²) in [4.78, 5) is 17.0. The molecule has 0 bridgehead atoms. The van der Waals surface area contributed by atoms with Crippen LogP contribution in [0, 0.1) is 11.6 Å². The van der Waals surface area contributed by atoms with Crippen LogP contribution in [0.15, 0.2) is 28.9 Å². The number of rotatable bonds is 3. The first-order valence-electron chi connectivity index (χ1n) is 5.57. The van der Waals surface area contributed by atoms with Gasteiger partial charge in [0.15, 0.2) is 11.6 Å². The zero-order valence-corrected chi connectivity index (χ0v) is 10.5. The molecular weight excluding hydrogens is 254 g/mol. The Kier molecular flexibility index (Phi) is 3.59. The fourth-order valence-corrected chi connectivity index (χ4v) is 1.46. The predicted molar refractivity (Wildman–Crippen MR) is 64.3 cm³/mol. The van der Waals surface area contributed by atoms with Crippen LogP contribution in [0.1, 0.15) is 5.69 Å². The van der Waals surface area contributed by atoms with E-state index in [1.807, 2.05) is 0 Å². The summed E-state index contributed by atoms with van der Waals surface area (Å²) in [6.07, 6.45) is 1.43. The SMILES string of the molecule is CN(C)C(=O)Cc1coc(-c2ccc(F)c(F)c2)n1. The maximum Gasteiger partial charge on any atom is 0.228 e.